The molecule has 136 valence electrons. The van der Waals surface area contributed by atoms with Gasteiger partial charge in [-0.25, -0.2) is 4.79 Å². The number of nitro benzene ring substituents is 1. The summed E-state index contributed by atoms with van der Waals surface area (Å²) < 4.78 is 11.2. The Balaban J connectivity index is 1.83. The SMILES string of the molecule is CN(C)CC1Cc2c(C(=O)OCc3ccccc3)ccc([N+](=O)[O-])c2O1. The monoisotopic (exact) mass is 356 g/mol. The largest absolute Gasteiger partial charge is 0.482 e. The molecule has 0 N–H and O–H groups in total. The minimum Gasteiger partial charge on any atom is -0.482 e. The maximum absolute atomic E-state index is 12.5. The molecule has 1 aliphatic heterocycles. The van der Waals surface area contributed by atoms with E-state index in [0.29, 0.717) is 24.1 Å². The number of benzene rings is 2. The number of carbonyl (C=O) groups excluding carboxylic acids is 1. The van der Waals surface area contributed by atoms with Crippen LogP contribution in [0.4, 0.5) is 5.69 Å². The fourth-order valence-electron chi connectivity index (χ4n) is 3.03. The predicted molar refractivity (Wildman–Crippen MR) is 95.3 cm³/mol. The molecule has 0 radical (unpaired) electrons. The third-order valence-electron chi connectivity index (χ3n) is 4.15. The lowest BCUT2D eigenvalue weighted by Crippen LogP contribution is -2.29. The molecule has 1 unspecified atom stereocenters. The zero-order valence-corrected chi connectivity index (χ0v) is 14.7. The molecule has 26 heavy (non-hydrogen) atoms. The summed E-state index contributed by atoms with van der Waals surface area (Å²) in [5.74, 6) is -0.329. The van der Waals surface area contributed by atoms with Crippen molar-refractivity contribution in [2.75, 3.05) is 20.6 Å². The van der Waals surface area contributed by atoms with Gasteiger partial charge in [0, 0.05) is 24.6 Å². The Kier molecular flexibility index (Phi) is 5.18. The van der Waals surface area contributed by atoms with Crippen LogP contribution in [0, 0.1) is 10.1 Å². The van der Waals surface area contributed by atoms with Crippen molar-refractivity contribution in [1.29, 1.82) is 0 Å². The summed E-state index contributed by atoms with van der Waals surface area (Å²) in [6.45, 7) is 0.748. The maximum Gasteiger partial charge on any atom is 0.338 e. The van der Waals surface area contributed by atoms with E-state index in [0.717, 1.165) is 5.56 Å². The van der Waals surface area contributed by atoms with Crippen molar-refractivity contribution in [1.82, 2.24) is 4.90 Å². The number of ether oxygens (including phenoxy) is 2. The van der Waals surface area contributed by atoms with E-state index >= 15 is 0 Å². The van der Waals surface area contributed by atoms with Crippen molar-refractivity contribution >= 4 is 11.7 Å². The average molecular weight is 356 g/mol. The summed E-state index contributed by atoms with van der Waals surface area (Å²) in [7, 11) is 3.80. The molecule has 0 saturated heterocycles. The van der Waals surface area contributed by atoms with Gasteiger partial charge in [0.2, 0.25) is 5.75 Å². The van der Waals surface area contributed by atoms with E-state index in [1.54, 1.807) is 0 Å². The molecule has 2 aromatic rings. The topological polar surface area (TPSA) is 81.9 Å². The zero-order valence-electron chi connectivity index (χ0n) is 14.7. The molecule has 0 saturated carbocycles. The highest BCUT2D eigenvalue weighted by molar-refractivity contribution is 5.93. The lowest BCUT2D eigenvalue weighted by Gasteiger charge is -2.15. The van der Waals surface area contributed by atoms with E-state index in [4.69, 9.17) is 9.47 Å². The van der Waals surface area contributed by atoms with Gasteiger partial charge in [-0.3, -0.25) is 10.1 Å². The molecular weight excluding hydrogens is 336 g/mol. The fraction of sp³-hybridized carbons (Fsp3) is 0.316. The number of fused-ring (bicyclic) bond motifs is 1. The molecule has 0 fully saturated rings. The second-order valence-corrected chi connectivity index (χ2v) is 6.46. The van der Waals surface area contributed by atoms with E-state index < -0.39 is 10.9 Å². The molecule has 1 atom stereocenters. The molecule has 0 aromatic heterocycles. The molecule has 1 heterocycles. The number of nitro groups is 1. The molecule has 7 nitrogen and oxygen atoms in total. The van der Waals surface area contributed by atoms with Gasteiger partial charge in [0.15, 0.2) is 0 Å². The minimum atomic E-state index is -0.505. The van der Waals surface area contributed by atoms with Crippen LogP contribution in [0.25, 0.3) is 0 Å². The average Bonchev–Trinajstić information content (AvgIpc) is 3.01. The van der Waals surface area contributed by atoms with Gasteiger partial charge in [0.25, 0.3) is 0 Å². The summed E-state index contributed by atoms with van der Waals surface area (Å²) in [5, 5.41) is 11.3. The van der Waals surface area contributed by atoms with Crippen molar-refractivity contribution in [3.05, 3.63) is 69.3 Å². The lowest BCUT2D eigenvalue weighted by molar-refractivity contribution is -0.385. The number of likely N-dealkylation sites (N-methyl/N-ethyl adjacent to an activating group) is 1. The van der Waals surface area contributed by atoms with E-state index in [1.807, 2.05) is 49.3 Å². The Labute approximate surface area is 151 Å². The van der Waals surface area contributed by atoms with Crippen LogP contribution in [-0.4, -0.2) is 42.5 Å². The Morgan fingerprint density at radius 3 is 2.65 bits per heavy atom. The number of carbonyl (C=O) groups is 1. The van der Waals surface area contributed by atoms with Crippen LogP contribution in [0.5, 0.6) is 5.75 Å². The summed E-state index contributed by atoms with van der Waals surface area (Å²) in [5.41, 5.74) is 1.62. The van der Waals surface area contributed by atoms with Gasteiger partial charge >= 0.3 is 11.7 Å². The van der Waals surface area contributed by atoms with Crippen LogP contribution in [0.3, 0.4) is 0 Å². The first kappa shape index (κ1) is 17.9. The van der Waals surface area contributed by atoms with Crippen LogP contribution in [0.2, 0.25) is 0 Å². The Hall–Kier alpha value is -2.93. The van der Waals surface area contributed by atoms with Crippen LogP contribution < -0.4 is 4.74 Å². The molecular formula is C19H20N2O5. The highest BCUT2D eigenvalue weighted by atomic mass is 16.6. The first-order chi connectivity index (χ1) is 12.5. The summed E-state index contributed by atoms with van der Waals surface area (Å²) >= 11 is 0. The number of nitrogens with zero attached hydrogens (tertiary/aromatic N) is 2. The highest BCUT2D eigenvalue weighted by Crippen LogP contribution is 2.40. The number of rotatable bonds is 6. The highest BCUT2D eigenvalue weighted by Gasteiger charge is 2.34. The van der Waals surface area contributed by atoms with Gasteiger partial charge in [-0.2, -0.15) is 0 Å². The predicted octanol–water partition coefficient (Wildman–Crippen LogP) is 2.82. The molecule has 1 aliphatic rings. The van der Waals surface area contributed by atoms with E-state index in [2.05, 4.69) is 0 Å². The van der Waals surface area contributed by atoms with Crippen LogP contribution >= 0.6 is 0 Å². The normalized spacial score (nSPS) is 15.4. The fourth-order valence-corrected chi connectivity index (χ4v) is 3.03. The van der Waals surface area contributed by atoms with Crippen molar-refractivity contribution in [2.24, 2.45) is 0 Å². The molecule has 0 bridgehead atoms. The molecule has 0 aliphatic carbocycles. The van der Waals surface area contributed by atoms with Gasteiger partial charge in [-0.05, 0) is 25.7 Å². The van der Waals surface area contributed by atoms with Gasteiger partial charge in [-0.1, -0.05) is 30.3 Å². The van der Waals surface area contributed by atoms with Gasteiger partial charge in [0.05, 0.1) is 10.5 Å². The smallest absolute Gasteiger partial charge is 0.338 e. The van der Waals surface area contributed by atoms with Crippen molar-refractivity contribution in [3.63, 3.8) is 0 Å². The second-order valence-electron chi connectivity index (χ2n) is 6.46. The van der Waals surface area contributed by atoms with Crippen LogP contribution in [-0.2, 0) is 17.8 Å². The first-order valence-electron chi connectivity index (χ1n) is 8.28. The minimum absolute atomic E-state index is 0.124. The van der Waals surface area contributed by atoms with E-state index in [-0.39, 0.29) is 24.1 Å². The Bertz CT molecular complexity index is 820. The van der Waals surface area contributed by atoms with E-state index in [1.165, 1.54) is 12.1 Å². The van der Waals surface area contributed by atoms with Crippen molar-refractivity contribution in [2.45, 2.75) is 19.1 Å². The number of hydrogen-bond acceptors (Lipinski definition) is 6. The Morgan fingerprint density at radius 2 is 2.00 bits per heavy atom. The summed E-state index contributed by atoms with van der Waals surface area (Å²) in [4.78, 5) is 25.3. The van der Waals surface area contributed by atoms with Gasteiger partial charge in [0.1, 0.15) is 12.7 Å². The third-order valence-corrected chi connectivity index (χ3v) is 4.15. The van der Waals surface area contributed by atoms with Crippen molar-refractivity contribution in [3.8, 4) is 5.75 Å². The standard InChI is InChI=1S/C19H20N2O5/c1-20(2)11-14-10-16-15(8-9-17(21(23)24)18(16)26-14)19(22)25-12-13-6-4-3-5-7-13/h3-9,14H,10-12H2,1-2H3. The summed E-state index contributed by atoms with van der Waals surface area (Å²) in [6, 6.07) is 12.1. The quantitative estimate of drug-likeness (QED) is 0.450. The maximum atomic E-state index is 12.5. The first-order valence-corrected chi connectivity index (χ1v) is 8.28. The molecule has 3 rings (SSSR count). The summed E-state index contributed by atoms with van der Waals surface area (Å²) in [6.07, 6.45) is 0.201. The Morgan fingerprint density at radius 1 is 1.27 bits per heavy atom. The second kappa shape index (κ2) is 7.53. The third kappa shape index (κ3) is 3.83. The van der Waals surface area contributed by atoms with Crippen LogP contribution in [0.15, 0.2) is 42.5 Å². The van der Waals surface area contributed by atoms with Crippen molar-refractivity contribution < 1.29 is 19.2 Å². The van der Waals surface area contributed by atoms with Crippen LogP contribution in [0.1, 0.15) is 21.5 Å². The molecule has 2 aromatic carbocycles. The van der Waals surface area contributed by atoms with Gasteiger partial charge in [-0.15, -0.1) is 0 Å². The zero-order chi connectivity index (χ0) is 18.7. The molecule has 0 amide bonds. The number of esters is 1. The molecule has 7 heteroatoms. The van der Waals surface area contributed by atoms with E-state index in [9.17, 15) is 14.9 Å². The molecule has 0 spiro atoms. The van der Waals surface area contributed by atoms with Gasteiger partial charge < -0.3 is 14.4 Å². The lowest BCUT2D eigenvalue weighted by atomic mass is 10.0. The number of hydrogen-bond donors (Lipinski definition) is 0.